The first-order valence-electron chi connectivity index (χ1n) is 8.78. The lowest BCUT2D eigenvalue weighted by atomic mass is 9.85. The minimum absolute atomic E-state index is 0.0370. The summed E-state index contributed by atoms with van der Waals surface area (Å²) in [7, 11) is 0. The van der Waals surface area contributed by atoms with Crippen LogP contribution in [0.3, 0.4) is 0 Å². The summed E-state index contributed by atoms with van der Waals surface area (Å²) in [6.07, 6.45) is -0.275. The number of amides is 2. The zero-order valence-electron chi connectivity index (χ0n) is 14.5. The van der Waals surface area contributed by atoms with E-state index in [2.05, 4.69) is 15.6 Å². The van der Waals surface area contributed by atoms with Crippen molar-refractivity contribution < 1.29 is 27.9 Å². The third-order valence-electron chi connectivity index (χ3n) is 4.82. The first-order valence-corrected chi connectivity index (χ1v) is 8.78. The van der Waals surface area contributed by atoms with Crippen LogP contribution in [0, 0.1) is 5.92 Å². The molecule has 2 fully saturated rings. The third kappa shape index (κ3) is 5.31. The number of hydrogen-bond donors (Lipinski definition) is 3. The second-order valence-corrected chi connectivity index (χ2v) is 7.08. The lowest BCUT2D eigenvalue weighted by Gasteiger charge is -2.42. The van der Waals surface area contributed by atoms with Gasteiger partial charge in [0.2, 0.25) is 0 Å². The second-order valence-electron chi connectivity index (χ2n) is 7.08. The molecule has 1 aromatic rings. The highest BCUT2D eigenvalue weighted by molar-refractivity contribution is 5.90. The zero-order chi connectivity index (χ0) is 19.6. The molecule has 2 aliphatic rings. The SMILES string of the molecule is O=C(O)CN(CC1CC1)C1CC(NC(=O)Nc2cccnc2C(F)(F)F)C1. The van der Waals surface area contributed by atoms with Gasteiger partial charge in [-0.1, -0.05) is 0 Å². The van der Waals surface area contributed by atoms with Crippen LogP contribution < -0.4 is 10.6 Å². The summed E-state index contributed by atoms with van der Waals surface area (Å²) in [6.45, 7) is 0.700. The highest BCUT2D eigenvalue weighted by atomic mass is 19.4. The van der Waals surface area contributed by atoms with Gasteiger partial charge in [-0.25, -0.2) is 9.78 Å². The number of pyridine rings is 1. The third-order valence-corrected chi connectivity index (χ3v) is 4.82. The molecule has 1 aromatic heterocycles. The zero-order valence-corrected chi connectivity index (χ0v) is 14.5. The minimum atomic E-state index is -4.66. The summed E-state index contributed by atoms with van der Waals surface area (Å²) >= 11 is 0. The van der Waals surface area contributed by atoms with E-state index in [0.29, 0.717) is 18.8 Å². The number of halogens is 3. The number of anilines is 1. The molecule has 148 valence electrons. The average molecular weight is 386 g/mol. The van der Waals surface area contributed by atoms with Crippen LogP contribution in [0.4, 0.5) is 23.7 Å². The molecule has 0 radical (unpaired) electrons. The Morgan fingerprint density at radius 3 is 2.59 bits per heavy atom. The fraction of sp³-hybridized carbons (Fsp3) is 0.588. The highest BCUT2D eigenvalue weighted by Gasteiger charge is 2.39. The van der Waals surface area contributed by atoms with Crippen molar-refractivity contribution in [1.29, 1.82) is 0 Å². The predicted molar refractivity (Wildman–Crippen MR) is 90.1 cm³/mol. The first-order chi connectivity index (χ1) is 12.7. The van der Waals surface area contributed by atoms with Crippen molar-refractivity contribution in [3.8, 4) is 0 Å². The maximum Gasteiger partial charge on any atom is 0.435 e. The lowest BCUT2D eigenvalue weighted by Crippen LogP contribution is -2.56. The van der Waals surface area contributed by atoms with Crippen LogP contribution in [0.2, 0.25) is 0 Å². The van der Waals surface area contributed by atoms with E-state index in [4.69, 9.17) is 5.11 Å². The van der Waals surface area contributed by atoms with Crippen molar-refractivity contribution in [3.63, 3.8) is 0 Å². The molecular formula is C17H21F3N4O3. The number of carboxylic acids is 1. The largest absolute Gasteiger partial charge is 0.480 e. The van der Waals surface area contributed by atoms with Gasteiger partial charge in [0.1, 0.15) is 0 Å². The van der Waals surface area contributed by atoms with Gasteiger partial charge in [0, 0.05) is 24.8 Å². The van der Waals surface area contributed by atoms with Crippen LogP contribution in [0.5, 0.6) is 0 Å². The molecule has 2 aliphatic carbocycles. The van der Waals surface area contributed by atoms with Crippen LogP contribution in [0.25, 0.3) is 0 Å². The number of rotatable bonds is 7. The summed E-state index contributed by atoms with van der Waals surface area (Å²) < 4.78 is 38.7. The lowest BCUT2D eigenvalue weighted by molar-refractivity contribution is -0.141. The molecule has 3 N–H and O–H groups in total. The molecular weight excluding hydrogens is 365 g/mol. The van der Waals surface area contributed by atoms with E-state index in [-0.39, 0.29) is 18.6 Å². The Balaban J connectivity index is 1.50. The number of alkyl halides is 3. The van der Waals surface area contributed by atoms with E-state index in [1.54, 1.807) is 0 Å². The fourth-order valence-electron chi connectivity index (χ4n) is 3.23. The fourth-order valence-corrected chi connectivity index (χ4v) is 3.23. The second kappa shape index (κ2) is 7.71. The molecule has 7 nitrogen and oxygen atoms in total. The molecule has 0 saturated heterocycles. The van der Waals surface area contributed by atoms with Crippen LogP contribution in [0.15, 0.2) is 18.3 Å². The van der Waals surface area contributed by atoms with Crippen molar-refractivity contribution in [2.24, 2.45) is 5.92 Å². The maximum atomic E-state index is 12.9. The van der Waals surface area contributed by atoms with Crippen molar-refractivity contribution in [2.45, 2.75) is 43.9 Å². The molecule has 0 aromatic carbocycles. The number of nitrogens with one attached hydrogen (secondary N) is 2. The van der Waals surface area contributed by atoms with E-state index < -0.39 is 29.6 Å². The first kappa shape index (κ1) is 19.4. The molecule has 10 heteroatoms. The molecule has 2 amide bonds. The van der Waals surface area contributed by atoms with Gasteiger partial charge < -0.3 is 15.7 Å². The van der Waals surface area contributed by atoms with E-state index in [1.165, 1.54) is 6.07 Å². The summed E-state index contributed by atoms with van der Waals surface area (Å²) in [5.41, 5.74) is -1.55. The summed E-state index contributed by atoms with van der Waals surface area (Å²) in [6, 6.07) is 1.59. The molecule has 3 rings (SSSR count). The number of nitrogens with zero attached hydrogens (tertiary/aromatic N) is 2. The van der Waals surface area contributed by atoms with Crippen LogP contribution in [-0.4, -0.2) is 52.2 Å². The van der Waals surface area contributed by atoms with Gasteiger partial charge in [-0.15, -0.1) is 0 Å². The molecule has 2 saturated carbocycles. The topological polar surface area (TPSA) is 94.6 Å². The van der Waals surface area contributed by atoms with E-state index in [0.717, 1.165) is 31.6 Å². The monoisotopic (exact) mass is 386 g/mol. The number of aliphatic carboxylic acids is 1. The molecule has 0 bridgehead atoms. The van der Waals surface area contributed by atoms with Crippen molar-refractivity contribution in [3.05, 3.63) is 24.0 Å². The smallest absolute Gasteiger partial charge is 0.435 e. The van der Waals surface area contributed by atoms with Gasteiger partial charge >= 0.3 is 18.2 Å². The molecule has 0 atom stereocenters. The summed E-state index contributed by atoms with van der Waals surface area (Å²) in [4.78, 5) is 28.2. The number of urea groups is 1. The van der Waals surface area contributed by atoms with Crippen LogP contribution in [0.1, 0.15) is 31.4 Å². The van der Waals surface area contributed by atoms with Gasteiger partial charge in [-0.3, -0.25) is 9.69 Å². The van der Waals surface area contributed by atoms with Crippen LogP contribution in [-0.2, 0) is 11.0 Å². The Morgan fingerprint density at radius 2 is 2.00 bits per heavy atom. The van der Waals surface area contributed by atoms with Gasteiger partial charge in [0.15, 0.2) is 5.69 Å². The van der Waals surface area contributed by atoms with E-state index in [1.807, 2.05) is 4.90 Å². The Hall–Kier alpha value is -2.36. The summed E-state index contributed by atoms with van der Waals surface area (Å²) in [5.74, 6) is -0.341. The average Bonchev–Trinajstić information content (AvgIpc) is 3.33. The number of carbonyl (C=O) groups excluding carboxylic acids is 1. The van der Waals surface area contributed by atoms with E-state index >= 15 is 0 Å². The van der Waals surface area contributed by atoms with Crippen molar-refractivity contribution in [1.82, 2.24) is 15.2 Å². The number of hydrogen-bond acceptors (Lipinski definition) is 4. The quantitative estimate of drug-likeness (QED) is 0.670. The van der Waals surface area contributed by atoms with Gasteiger partial charge in [-0.2, -0.15) is 13.2 Å². The summed E-state index contributed by atoms with van der Waals surface area (Å²) in [5, 5.41) is 13.9. The Labute approximate surface area is 153 Å². The predicted octanol–water partition coefficient (Wildman–Crippen LogP) is 2.55. The number of carbonyl (C=O) groups is 2. The molecule has 0 aliphatic heterocycles. The van der Waals surface area contributed by atoms with Gasteiger partial charge in [0.05, 0.1) is 12.2 Å². The molecule has 0 spiro atoms. The number of aromatic nitrogens is 1. The number of carboxylic acid groups (broad SMARTS) is 1. The highest BCUT2D eigenvalue weighted by Crippen LogP contribution is 2.34. The van der Waals surface area contributed by atoms with Crippen molar-refractivity contribution in [2.75, 3.05) is 18.4 Å². The van der Waals surface area contributed by atoms with Gasteiger partial charge in [-0.05, 0) is 43.7 Å². The van der Waals surface area contributed by atoms with Gasteiger partial charge in [0.25, 0.3) is 0 Å². The van der Waals surface area contributed by atoms with Crippen molar-refractivity contribution >= 4 is 17.7 Å². The Bertz CT molecular complexity index is 703. The molecule has 27 heavy (non-hydrogen) atoms. The maximum absolute atomic E-state index is 12.9. The minimum Gasteiger partial charge on any atom is -0.480 e. The standard InChI is InChI=1S/C17H21F3N4O3/c18-17(19,20)15-13(2-1-5-21-15)23-16(27)22-11-6-12(7-11)24(9-14(25)26)8-10-3-4-10/h1-2,5,10-12H,3-4,6-9H2,(H,25,26)(H2,22,23,27). The van der Waals surface area contributed by atoms with Crippen LogP contribution >= 0.6 is 0 Å². The molecule has 0 unspecified atom stereocenters. The normalized spacial score (nSPS) is 22.2. The van der Waals surface area contributed by atoms with E-state index in [9.17, 15) is 22.8 Å². The Kier molecular flexibility index (Phi) is 5.54. The Morgan fingerprint density at radius 1 is 1.30 bits per heavy atom. The molecule has 1 heterocycles.